The molecule has 1 aromatic carbocycles. The van der Waals surface area contributed by atoms with Crippen molar-refractivity contribution in [2.24, 2.45) is 5.73 Å². The van der Waals surface area contributed by atoms with E-state index in [2.05, 4.69) is 0 Å². The Balaban J connectivity index is 0.00000121. The lowest BCUT2D eigenvalue weighted by Crippen LogP contribution is -3.00. The monoisotopic (exact) mass is 190 g/mol. The van der Waals surface area contributed by atoms with Gasteiger partial charge in [0.1, 0.15) is 6.61 Å². The molecule has 0 unspecified atom stereocenters. The summed E-state index contributed by atoms with van der Waals surface area (Å²) in [6, 6.07) is 6.26. The highest BCUT2D eigenvalue weighted by atomic mass is 35.5. The molecule has 0 saturated carbocycles. The minimum Gasteiger partial charge on any atom is -1.00 e. The Labute approximate surface area is 76.9 Å². The molecule has 0 radical (unpaired) electrons. The Hall–Kier alpha value is -0.800. The maximum Gasteiger partial charge on any atom is 0.165 e. The van der Waals surface area contributed by atoms with Gasteiger partial charge in [0, 0.05) is 6.54 Å². The number of rotatable bonds is 3. The molecule has 0 saturated heterocycles. The van der Waals surface area contributed by atoms with Crippen LogP contribution in [0.25, 0.3) is 0 Å². The molecule has 2 N–H and O–H groups in total. The summed E-state index contributed by atoms with van der Waals surface area (Å²) in [4.78, 5) is 0. The first-order chi connectivity index (χ1) is 5.34. The molecule has 0 spiro atoms. The van der Waals surface area contributed by atoms with Crippen molar-refractivity contribution >= 4 is 0 Å². The lowest BCUT2D eigenvalue weighted by atomic mass is 10.3. The maximum atomic E-state index is 12.7. The van der Waals surface area contributed by atoms with E-state index in [1.165, 1.54) is 6.07 Å². The quantitative estimate of drug-likeness (QED) is 0.609. The molecule has 1 aromatic rings. The minimum atomic E-state index is -0.346. The first kappa shape index (κ1) is 11.2. The summed E-state index contributed by atoms with van der Waals surface area (Å²) in [5, 5.41) is 0. The van der Waals surface area contributed by atoms with Gasteiger partial charge in [-0.25, -0.2) is 4.39 Å². The van der Waals surface area contributed by atoms with Gasteiger partial charge >= 0.3 is 0 Å². The molecular formula is C8H10ClFNO-. The van der Waals surface area contributed by atoms with Gasteiger partial charge in [0.05, 0.1) is 0 Å². The van der Waals surface area contributed by atoms with E-state index < -0.39 is 0 Å². The van der Waals surface area contributed by atoms with Gasteiger partial charge in [-0.15, -0.1) is 0 Å². The highest BCUT2D eigenvalue weighted by molar-refractivity contribution is 5.23. The largest absolute Gasteiger partial charge is 1.00 e. The fourth-order valence-corrected chi connectivity index (χ4v) is 0.731. The Bertz CT molecular complexity index is 232. The van der Waals surface area contributed by atoms with E-state index in [1.807, 2.05) is 0 Å². The molecule has 0 heterocycles. The van der Waals surface area contributed by atoms with Crippen LogP contribution in [0.15, 0.2) is 24.3 Å². The standard InChI is InChI=1S/C8H10FNO.ClH/c9-7-3-1-2-4-8(7)11-6-5-10;/h1-4H,5-6,10H2;1H/p-1. The highest BCUT2D eigenvalue weighted by Gasteiger charge is 1.98. The van der Waals surface area contributed by atoms with Crippen LogP contribution < -0.4 is 22.9 Å². The summed E-state index contributed by atoms with van der Waals surface area (Å²) in [7, 11) is 0. The maximum absolute atomic E-state index is 12.7. The second-order valence-corrected chi connectivity index (χ2v) is 2.07. The zero-order valence-electron chi connectivity index (χ0n) is 6.47. The molecule has 2 nitrogen and oxygen atoms in total. The number of para-hydroxylation sites is 1. The van der Waals surface area contributed by atoms with Gasteiger partial charge in [-0.1, -0.05) is 12.1 Å². The van der Waals surface area contributed by atoms with E-state index in [1.54, 1.807) is 18.2 Å². The molecule has 12 heavy (non-hydrogen) atoms. The second kappa shape index (κ2) is 5.80. The van der Waals surface area contributed by atoms with Gasteiger partial charge in [0.25, 0.3) is 0 Å². The molecule has 68 valence electrons. The molecule has 0 aliphatic heterocycles. The van der Waals surface area contributed by atoms with Crippen molar-refractivity contribution in [3.8, 4) is 5.75 Å². The van der Waals surface area contributed by atoms with Crippen molar-refractivity contribution in [2.45, 2.75) is 0 Å². The number of hydrogen-bond donors (Lipinski definition) is 1. The molecule has 0 atom stereocenters. The third-order valence-corrected chi connectivity index (χ3v) is 1.21. The van der Waals surface area contributed by atoms with E-state index >= 15 is 0 Å². The van der Waals surface area contributed by atoms with Gasteiger partial charge in [-0.05, 0) is 12.1 Å². The summed E-state index contributed by atoms with van der Waals surface area (Å²) >= 11 is 0. The summed E-state index contributed by atoms with van der Waals surface area (Å²) in [5.74, 6) is -0.0844. The molecule has 4 heteroatoms. The first-order valence-corrected chi connectivity index (χ1v) is 3.42. The summed E-state index contributed by atoms with van der Waals surface area (Å²) in [6.45, 7) is 0.745. The summed E-state index contributed by atoms with van der Waals surface area (Å²) in [6.07, 6.45) is 0. The lowest BCUT2D eigenvalue weighted by molar-refractivity contribution is -0.00000322. The van der Waals surface area contributed by atoms with E-state index in [0.717, 1.165) is 0 Å². The Morgan fingerprint density at radius 2 is 2.00 bits per heavy atom. The van der Waals surface area contributed by atoms with E-state index in [4.69, 9.17) is 10.5 Å². The Morgan fingerprint density at radius 1 is 1.33 bits per heavy atom. The number of halogens is 2. The average Bonchev–Trinajstić information content (AvgIpc) is 2.03. The van der Waals surface area contributed by atoms with Gasteiger partial charge in [0.2, 0.25) is 0 Å². The molecule has 0 amide bonds. The molecule has 0 bridgehead atoms. The summed E-state index contributed by atoms with van der Waals surface area (Å²) in [5.41, 5.74) is 5.18. The van der Waals surface area contributed by atoms with Crippen LogP contribution in [0, 0.1) is 5.82 Å². The number of hydrogen-bond acceptors (Lipinski definition) is 2. The number of nitrogens with two attached hydrogens (primary N) is 1. The van der Waals surface area contributed by atoms with Crippen LogP contribution in [0.5, 0.6) is 5.75 Å². The third-order valence-electron chi connectivity index (χ3n) is 1.21. The van der Waals surface area contributed by atoms with Crippen LogP contribution in [0.1, 0.15) is 0 Å². The van der Waals surface area contributed by atoms with E-state index in [9.17, 15) is 4.39 Å². The molecule has 1 rings (SSSR count). The molecular weight excluding hydrogens is 181 g/mol. The summed E-state index contributed by atoms with van der Waals surface area (Å²) < 4.78 is 17.7. The smallest absolute Gasteiger partial charge is 0.165 e. The van der Waals surface area contributed by atoms with Crippen LogP contribution in [-0.2, 0) is 0 Å². The van der Waals surface area contributed by atoms with E-state index in [-0.39, 0.29) is 24.0 Å². The van der Waals surface area contributed by atoms with Crippen molar-refractivity contribution in [1.29, 1.82) is 0 Å². The van der Waals surface area contributed by atoms with Crippen LogP contribution in [-0.4, -0.2) is 13.2 Å². The van der Waals surface area contributed by atoms with Crippen LogP contribution in [0.4, 0.5) is 4.39 Å². The second-order valence-electron chi connectivity index (χ2n) is 2.07. The van der Waals surface area contributed by atoms with Crippen LogP contribution in [0.2, 0.25) is 0 Å². The van der Waals surface area contributed by atoms with E-state index in [0.29, 0.717) is 13.2 Å². The van der Waals surface area contributed by atoms with Gasteiger partial charge < -0.3 is 22.9 Å². The highest BCUT2D eigenvalue weighted by Crippen LogP contribution is 2.14. The van der Waals surface area contributed by atoms with Gasteiger partial charge in [0.15, 0.2) is 11.6 Å². The SMILES string of the molecule is NCCOc1ccccc1F.[Cl-]. The first-order valence-electron chi connectivity index (χ1n) is 3.42. The molecule has 0 aliphatic carbocycles. The van der Waals surface area contributed by atoms with Crippen molar-refractivity contribution in [3.05, 3.63) is 30.1 Å². The molecule has 0 aliphatic rings. The van der Waals surface area contributed by atoms with Crippen molar-refractivity contribution in [1.82, 2.24) is 0 Å². The minimum absolute atomic E-state index is 0. The topological polar surface area (TPSA) is 35.2 Å². The normalized spacial score (nSPS) is 8.83. The van der Waals surface area contributed by atoms with Crippen molar-refractivity contribution < 1.29 is 21.5 Å². The zero-order chi connectivity index (χ0) is 8.10. The van der Waals surface area contributed by atoms with Crippen molar-refractivity contribution in [2.75, 3.05) is 13.2 Å². The molecule has 0 aromatic heterocycles. The van der Waals surface area contributed by atoms with Crippen LogP contribution >= 0.6 is 0 Å². The number of ether oxygens (including phenoxy) is 1. The molecule has 0 fully saturated rings. The predicted octanol–water partition coefficient (Wildman–Crippen LogP) is -1.83. The lowest BCUT2D eigenvalue weighted by Gasteiger charge is -2.03. The predicted molar refractivity (Wildman–Crippen MR) is 40.9 cm³/mol. The van der Waals surface area contributed by atoms with Gasteiger partial charge in [-0.2, -0.15) is 0 Å². The zero-order valence-corrected chi connectivity index (χ0v) is 7.22. The number of benzene rings is 1. The fourth-order valence-electron chi connectivity index (χ4n) is 0.731. The van der Waals surface area contributed by atoms with Gasteiger partial charge in [-0.3, -0.25) is 0 Å². The fraction of sp³-hybridized carbons (Fsp3) is 0.250. The average molecular weight is 191 g/mol. The van der Waals surface area contributed by atoms with Crippen molar-refractivity contribution in [3.63, 3.8) is 0 Å². The van der Waals surface area contributed by atoms with Crippen LogP contribution in [0.3, 0.4) is 0 Å². The Kier molecular flexibility index (Phi) is 5.41. The Morgan fingerprint density at radius 3 is 2.58 bits per heavy atom. The third kappa shape index (κ3) is 3.07.